The maximum atomic E-state index is 13.9. The van der Waals surface area contributed by atoms with Crippen LogP contribution in [0.3, 0.4) is 0 Å². The summed E-state index contributed by atoms with van der Waals surface area (Å²) >= 11 is 13.7. The number of amidine groups is 1. The molecule has 1 heterocycles. The van der Waals surface area contributed by atoms with E-state index < -0.39 is 5.97 Å². The van der Waals surface area contributed by atoms with Crippen LogP contribution in [-0.4, -0.2) is 41.3 Å². The quantitative estimate of drug-likeness (QED) is 0.117. The van der Waals surface area contributed by atoms with Gasteiger partial charge in [-0.25, -0.2) is 9.79 Å². The number of allylic oxidation sites excluding steroid dienone is 1. The van der Waals surface area contributed by atoms with Crippen LogP contribution in [-0.2, 0) is 24.4 Å². The zero-order valence-corrected chi connectivity index (χ0v) is 27.9. The van der Waals surface area contributed by atoms with Crippen LogP contribution in [0.5, 0.6) is 17.2 Å². The summed E-state index contributed by atoms with van der Waals surface area (Å²) in [6.07, 6.45) is 4.04. The number of ether oxygens (including phenoxy) is 3. The highest BCUT2D eigenvalue weighted by Crippen LogP contribution is 2.39. The molecule has 240 valence electrons. The Kier molecular flexibility index (Phi) is 10.9. The summed E-state index contributed by atoms with van der Waals surface area (Å²) in [5.74, 6) is 0.450. The van der Waals surface area contributed by atoms with Gasteiger partial charge in [-0.3, -0.25) is 9.69 Å². The monoisotopic (exact) mass is 688 g/mol. The number of hydrogen-bond acceptors (Lipinski definition) is 7. The number of thioether (sulfide) groups is 1. The summed E-state index contributed by atoms with van der Waals surface area (Å²) in [5.41, 5.74) is 3.87. The SMILES string of the molecule is C=CCc1cc(/C=C2\SC(=Nc3ccc(OC)cc3)N(Cc3ccc(C(=O)O)cc3)C2=O)cc(OC)c1OCc1ccc(Cl)cc1Cl. The van der Waals surface area contributed by atoms with Crippen molar-refractivity contribution in [2.75, 3.05) is 14.2 Å². The van der Waals surface area contributed by atoms with E-state index in [-0.39, 0.29) is 24.6 Å². The minimum atomic E-state index is -1.02. The summed E-state index contributed by atoms with van der Waals surface area (Å²) < 4.78 is 17.2. The molecular formula is C36H30Cl2N2O6S. The van der Waals surface area contributed by atoms with Crippen LogP contribution in [0.25, 0.3) is 6.08 Å². The lowest BCUT2D eigenvalue weighted by molar-refractivity contribution is -0.122. The van der Waals surface area contributed by atoms with Gasteiger partial charge < -0.3 is 19.3 Å². The summed E-state index contributed by atoms with van der Waals surface area (Å²) in [6.45, 7) is 4.29. The third-order valence-corrected chi connectivity index (χ3v) is 8.74. The average molecular weight is 690 g/mol. The van der Waals surface area contributed by atoms with Crippen LogP contribution in [0.15, 0.2) is 101 Å². The molecule has 1 saturated heterocycles. The molecule has 1 amide bonds. The third kappa shape index (κ3) is 8.18. The van der Waals surface area contributed by atoms with E-state index in [1.165, 1.54) is 23.9 Å². The normalized spacial score (nSPS) is 14.5. The van der Waals surface area contributed by atoms with Crippen molar-refractivity contribution in [3.05, 3.63) is 134 Å². The number of benzene rings is 4. The van der Waals surface area contributed by atoms with Crippen LogP contribution < -0.4 is 14.2 Å². The summed E-state index contributed by atoms with van der Waals surface area (Å²) in [5, 5.41) is 10.8. The Morgan fingerprint density at radius 3 is 2.36 bits per heavy atom. The minimum absolute atomic E-state index is 0.163. The lowest BCUT2D eigenvalue weighted by Crippen LogP contribution is -2.28. The Balaban J connectivity index is 1.48. The van der Waals surface area contributed by atoms with Gasteiger partial charge in [0.05, 0.1) is 36.9 Å². The fourth-order valence-electron chi connectivity index (χ4n) is 4.76. The van der Waals surface area contributed by atoms with Gasteiger partial charge in [-0.1, -0.05) is 47.5 Å². The number of carboxylic acids is 1. The molecule has 0 aliphatic carbocycles. The van der Waals surface area contributed by atoms with E-state index in [1.807, 2.05) is 12.1 Å². The molecule has 0 unspecified atom stereocenters. The number of rotatable bonds is 12. The van der Waals surface area contributed by atoms with Gasteiger partial charge in [0.15, 0.2) is 16.7 Å². The molecule has 8 nitrogen and oxygen atoms in total. The van der Waals surface area contributed by atoms with Crippen LogP contribution in [0.2, 0.25) is 10.0 Å². The van der Waals surface area contributed by atoms with Crippen molar-refractivity contribution >= 4 is 63.8 Å². The van der Waals surface area contributed by atoms with Gasteiger partial charge in [0, 0.05) is 21.2 Å². The third-order valence-electron chi connectivity index (χ3n) is 7.15. The molecule has 1 N–H and O–H groups in total. The molecular weight excluding hydrogens is 659 g/mol. The zero-order chi connectivity index (χ0) is 33.5. The number of carbonyl (C=O) groups is 2. The predicted molar refractivity (Wildman–Crippen MR) is 187 cm³/mol. The molecule has 0 aromatic heterocycles. The Hall–Kier alpha value is -4.70. The van der Waals surface area contributed by atoms with Gasteiger partial charge in [0.25, 0.3) is 5.91 Å². The Morgan fingerprint density at radius 1 is 0.979 bits per heavy atom. The van der Waals surface area contributed by atoms with Crippen molar-refractivity contribution < 1.29 is 28.9 Å². The molecule has 0 atom stereocenters. The van der Waals surface area contributed by atoms with Gasteiger partial charge in [-0.15, -0.1) is 6.58 Å². The van der Waals surface area contributed by atoms with Crippen molar-refractivity contribution in [2.24, 2.45) is 4.99 Å². The fourth-order valence-corrected chi connectivity index (χ4v) is 6.22. The number of carbonyl (C=O) groups excluding carboxylic acids is 1. The summed E-state index contributed by atoms with van der Waals surface area (Å²) in [4.78, 5) is 32.0. The van der Waals surface area contributed by atoms with E-state index >= 15 is 0 Å². The van der Waals surface area contributed by atoms with Gasteiger partial charge in [-0.05, 0) is 96.0 Å². The number of amides is 1. The summed E-state index contributed by atoms with van der Waals surface area (Å²) in [7, 11) is 3.14. The first kappa shape index (κ1) is 33.7. The lowest BCUT2D eigenvalue weighted by atomic mass is 10.0. The Bertz CT molecular complexity index is 1870. The fraction of sp³-hybridized carbons (Fsp3) is 0.139. The number of nitrogens with zero attached hydrogens (tertiary/aromatic N) is 2. The molecule has 1 aliphatic heterocycles. The van der Waals surface area contributed by atoms with Crippen molar-refractivity contribution in [3.8, 4) is 17.2 Å². The second-order valence-corrected chi connectivity index (χ2v) is 12.2. The number of methoxy groups -OCH3 is 2. The number of aliphatic imine (C=N–C) groups is 1. The second-order valence-electron chi connectivity index (χ2n) is 10.3. The highest BCUT2D eigenvalue weighted by molar-refractivity contribution is 8.18. The van der Waals surface area contributed by atoms with Crippen molar-refractivity contribution in [1.29, 1.82) is 0 Å². The largest absolute Gasteiger partial charge is 0.497 e. The van der Waals surface area contributed by atoms with Gasteiger partial charge in [0.1, 0.15) is 12.4 Å². The molecule has 47 heavy (non-hydrogen) atoms. The lowest BCUT2D eigenvalue weighted by Gasteiger charge is -2.17. The predicted octanol–water partition coefficient (Wildman–Crippen LogP) is 8.82. The first-order chi connectivity index (χ1) is 22.7. The van der Waals surface area contributed by atoms with Crippen LogP contribution in [0, 0.1) is 0 Å². The number of hydrogen-bond donors (Lipinski definition) is 1. The molecule has 0 saturated carbocycles. The first-order valence-corrected chi connectivity index (χ1v) is 15.9. The molecule has 1 fully saturated rings. The van der Waals surface area contributed by atoms with E-state index in [1.54, 1.807) is 85.9 Å². The smallest absolute Gasteiger partial charge is 0.335 e. The maximum Gasteiger partial charge on any atom is 0.335 e. The van der Waals surface area contributed by atoms with Gasteiger partial charge in [0.2, 0.25) is 0 Å². The number of carboxylic acid groups (broad SMARTS) is 1. The van der Waals surface area contributed by atoms with Gasteiger partial charge in [-0.2, -0.15) is 0 Å². The average Bonchev–Trinajstić information content (AvgIpc) is 3.34. The topological polar surface area (TPSA) is 97.7 Å². The molecule has 0 spiro atoms. The van der Waals surface area contributed by atoms with E-state index in [9.17, 15) is 14.7 Å². The molecule has 0 radical (unpaired) electrons. The maximum absolute atomic E-state index is 13.9. The van der Waals surface area contributed by atoms with Crippen molar-refractivity contribution in [3.63, 3.8) is 0 Å². The van der Waals surface area contributed by atoms with E-state index in [0.29, 0.717) is 49.5 Å². The highest BCUT2D eigenvalue weighted by Gasteiger charge is 2.34. The molecule has 1 aliphatic rings. The van der Waals surface area contributed by atoms with Crippen LogP contribution in [0.4, 0.5) is 5.69 Å². The molecule has 5 rings (SSSR count). The minimum Gasteiger partial charge on any atom is -0.497 e. The van der Waals surface area contributed by atoms with E-state index in [4.69, 9.17) is 42.4 Å². The highest BCUT2D eigenvalue weighted by atomic mass is 35.5. The van der Waals surface area contributed by atoms with Gasteiger partial charge >= 0.3 is 5.97 Å². The van der Waals surface area contributed by atoms with E-state index in [2.05, 4.69) is 6.58 Å². The standard InChI is InChI=1S/C36H30Cl2N2O6S/c1-4-5-25-16-23(17-31(45-3)33(25)46-21-26-10-11-27(37)19-30(26)38)18-32-34(41)40(20-22-6-8-24(9-7-22)35(42)43)36(47-32)39-28-12-14-29(44-2)15-13-28/h4,6-19H,1,5,20-21H2,2-3H3,(H,42,43)/b32-18-,39-36?. The molecule has 4 aromatic rings. The van der Waals surface area contributed by atoms with Crippen molar-refractivity contribution in [2.45, 2.75) is 19.6 Å². The first-order valence-electron chi connectivity index (χ1n) is 14.3. The Labute approximate surface area is 286 Å². The Morgan fingerprint density at radius 2 is 1.72 bits per heavy atom. The second kappa shape index (κ2) is 15.3. The van der Waals surface area contributed by atoms with E-state index in [0.717, 1.165) is 22.3 Å². The summed E-state index contributed by atoms with van der Waals surface area (Å²) in [6, 6.07) is 22.6. The molecule has 11 heteroatoms. The molecule has 4 aromatic carbocycles. The van der Waals surface area contributed by atoms with Crippen molar-refractivity contribution in [1.82, 2.24) is 4.90 Å². The van der Waals surface area contributed by atoms with Crippen LogP contribution in [0.1, 0.15) is 32.6 Å². The zero-order valence-electron chi connectivity index (χ0n) is 25.5. The number of halogens is 2. The molecule has 0 bridgehead atoms. The van der Waals surface area contributed by atoms with Crippen LogP contribution >= 0.6 is 35.0 Å². The number of aromatic carboxylic acids is 1.